The van der Waals surface area contributed by atoms with Gasteiger partial charge in [-0.1, -0.05) is 78.9 Å². The molecule has 2 saturated heterocycles. The van der Waals surface area contributed by atoms with Crippen LogP contribution in [0.4, 0.5) is 5.69 Å². The van der Waals surface area contributed by atoms with E-state index in [0.717, 1.165) is 16.8 Å². The lowest BCUT2D eigenvalue weighted by molar-refractivity contribution is -0.143. The van der Waals surface area contributed by atoms with Crippen LogP contribution in [-0.2, 0) is 21.0 Å². The number of rotatable bonds is 4. The molecule has 0 aromatic heterocycles. The van der Waals surface area contributed by atoms with E-state index in [2.05, 4.69) is 0 Å². The van der Waals surface area contributed by atoms with Crippen molar-refractivity contribution in [2.24, 2.45) is 5.92 Å². The molecule has 2 heterocycles. The quantitative estimate of drug-likeness (QED) is 0.643. The summed E-state index contributed by atoms with van der Waals surface area (Å²) in [7, 11) is 0. The van der Waals surface area contributed by atoms with Crippen LogP contribution >= 0.6 is 0 Å². The molecule has 0 N–H and O–H groups in total. The van der Waals surface area contributed by atoms with Crippen molar-refractivity contribution in [3.8, 4) is 0 Å². The van der Waals surface area contributed by atoms with Crippen LogP contribution in [0.2, 0.25) is 0 Å². The van der Waals surface area contributed by atoms with E-state index in [4.69, 9.17) is 4.84 Å². The highest BCUT2D eigenvalue weighted by atomic mass is 16.7. The van der Waals surface area contributed by atoms with Gasteiger partial charge < -0.3 is 0 Å². The summed E-state index contributed by atoms with van der Waals surface area (Å²) in [5.41, 5.74) is 2.70. The first-order valence-corrected chi connectivity index (χ1v) is 9.69. The topological polar surface area (TPSA) is 49.9 Å². The lowest BCUT2D eigenvalue weighted by Gasteiger charge is -2.28. The third-order valence-electron chi connectivity index (χ3n) is 5.54. The Kier molecular flexibility index (Phi) is 4.37. The highest BCUT2D eigenvalue weighted by Crippen LogP contribution is 2.46. The SMILES string of the molecule is O=C1[C@H]2[C@@H](ON(c3ccccc3)[C@H]2c2ccccc2)C(=O)N1Cc1ccccc1. The number of amides is 2. The van der Waals surface area contributed by atoms with E-state index in [1.165, 1.54) is 4.90 Å². The number of anilines is 1. The normalized spacial score (nSPS) is 23.5. The number of nitrogens with zero attached hydrogens (tertiary/aromatic N) is 2. The highest BCUT2D eigenvalue weighted by molar-refractivity contribution is 6.07. The van der Waals surface area contributed by atoms with Crippen LogP contribution in [0.25, 0.3) is 0 Å². The minimum absolute atomic E-state index is 0.184. The molecular weight excluding hydrogens is 364 g/mol. The molecule has 144 valence electrons. The van der Waals surface area contributed by atoms with Crippen molar-refractivity contribution in [2.45, 2.75) is 18.7 Å². The predicted octanol–water partition coefficient (Wildman–Crippen LogP) is 3.73. The number of carbonyl (C=O) groups is 2. The van der Waals surface area contributed by atoms with Gasteiger partial charge in [0.1, 0.15) is 5.92 Å². The van der Waals surface area contributed by atoms with Crippen LogP contribution in [-0.4, -0.2) is 22.8 Å². The smallest absolute Gasteiger partial charge is 0.262 e. The van der Waals surface area contributed by atoms with Crippen LogP contribution in [0.15, 0.2) is 91.0 Å². The van der Waals surface area contributed by atoms with E-state index >= 15 is 0 Å². The lowest BCUT2D eigenvalue weighted by atomic mass is 9.90. The average Bonchev–Trinajstić information content (AvgIpc) is 3.28. The van der Waals surface area contributed by atoms with Gasteiger partial charge in [0, 0.05) is 0 Å². The van der Waals surface area contributed by atoms with Crippen LogP contribution in [0.5, 0.6) is 0 Å². The second kappa shape index (κ2) is 7.18. The summed E-state index contributed by atoms with van der Waals surface area (Å²) in [6.45, 7) is 0.266. The van der Waals surface area contributed by atoms with Crippen molar-refractivity contribution >= 4 is 17.5 Å². The largest absolute Gasteiger partial charge is 0.275 e. The standard InChI is InChI=1S/C24H20N2O3/c27-23-20-21(18-12-6-2-7-13-18)26(19-14-8-3-9-15-19)29-22(20)24(28)25(23)16-17-10-4-1-5-11-17/h1-15,20-22H,16H2/t20-,21+,22-/m1/s1. The molecule has 3 aromatic rings. The lowest BCUT2D eigenvalue weighted by Crippen LogP contribution is -2.36. The van der Waals surface area contributed by atoms with Crippen molar-refractivity contribution in [3.63, 3.8) is 0 Å². The number of likely N-dealkylation sites (tertiary alicyclic amines) is 1. The molecule has 2 fully saturated rings. The summed E-state index contributed by atoms with van der Waals surface area (Å²) in [5, 5.41) is 1.72. The molecule has 5 nitrogen and oxygen atoms in total. The van der Waals surface area contributed by atoms with E-state index < -0.39 is 12.0 Å². The van der Waals surface area contributed by atoms with Gasteiger partial charge >= 0.3 is 0 Å². The molecule has 3 atom stereocenters. The third-order valence-corrected chi connectivity index (χ3v) is 5.54. The molecule has 5 rings (SSSR count). The maximum Gasteiger partial charge on any atom is 0.262 e. The molecule has 5 heteroatoms. The van der Waals surface area contributed by atoms with Crippen molar-refractivity contribution < 1.29 is 14.4 Å². The molecule has 29 heavy (non-hydrogen) atoms. The molecule has 2 aliphatic rings. The molecule has 2 aliphatic heterocycles. The average molecular weight is 384 g/mol. The third kappa shape index (κ3) is 3.00. The van der Waals surface area contributed by atoms with Gasteiger partial charge in [-0.15, -0.1) is 0 Å². The van der Waals surface area contributed by atoms with Crippen molar-refractivity contribution in [1.82, 2.24) is 4.90 Å². The number of hydrogen-bond acceptors (Lipinski definition) is 4. The Morgan fingerprint density at radius 2 is 1.31 bits per heavy atom. The zero-order chi connectivity index (χ0) is 19.8. The summed E-state index contributed by atoms with van der Waals surface area (Å²) in [6.07, 6.45) is -0.809. The minimum atomic E-state index is -0.809. The fourth-order valence-electron chi connectivity index (χ4n) is 4.18. The van der Waals surface area contributed by atoms with Crippen LogP contribution < -0.4 is 5.06 Å². The molecule has 0 spiro atoms. The zero-order valence-electron chi connectivity index (χ0n) is 15.7. The second-order valence-corrected chi connectivity index (χ2v) is 7.32. The van der Waals surface area contributed by atoms with E-state index in [1.807, 2.05) is 91.0 Å². The van der Waals surface area contributed by atoms with E-state index in [-0.39, 0.29) is 24.4 Å². The van der Waals surface area contributed by atoms with Gasteiger partial charge in [0.15, 0.2) is 6.10 Å². The number of para-hydroxylation sites is 1. The first kappa shape index (κ1) is 17.6. The maximum atomic E-state index is 13.4. The molecule has 3 aromatic carbocycles. The number of carbonyl (C=O) groups excluding carboxylic acids is 2. The van der Waals surface area contributed by atoms with Crippen molar-refractivity contribution in [3.05, 3.63) is 102 Å². The molecule has 0 aliphatic carbocycles. The van der Waals surface area contributed by atoms with Gasteiger partial charge in [-0.2, -0.15) is 0 Å². The zero-order valence-corrected chi connectivity index (χ0v) is 15.7. The van der Waals surface area contributed by atoms with Gasteiger partial charge in [-0.3, -0.25) is 19.3 Å². The van der Waals surface area contributed by atoms with Gasteiger partial charge in [0.2, 0.25) is 5.91 Å². The number of hydroxylamine groups is 1. The van der Waals surface area contributed by atoms with Crippen LogP contribution in [0.1, 0.15) is 17.2 Å². The van der Waals surface area contributed by atoms with E-state index in [1.54, 1.807) is 5.06 Å². The Balaban J connectivity index is 1.52. The summed E-state index contributed by atoms with van der Waals surface area (Å²) in [6, 6.07) is 28.6. The predicted molar refractivity (Wildman–Crippen MR) is 108 cm³/mol. The Bertz CT molecular complexity index is 1020. The fourth-order valence-corrected chi connectivity index (χ4v) is 4.18. The number of imide groups is 1. The second-order valence-electron chi connectivity index (χ2n) is 7.32. The van der Waals surface area contributed by atoms with E-state index in [9.17, 15) is 9.59 Å². The monoisotopic (exact) mass is 384 g/mol. The van der Waals surface area contributed by atoms with Crippen LogP contribution in [0.3, 0.4) is 0 Å². The summed E-state index contributed by atoms with van der Waals surface area (Å²) in [4.78, 5) is 33.9. The summed E-state index contributed by atoms with van der Waals surface area (Å²) in [5.74, 6) is -1.03. The molecule has 0 radical (unpaired) electrons. The van der Waals surface area contributed by atoms with Gasteiger partial charge in [-0.05, 0) is 23.3 Å². The summed E-state index contributed by atoms with van der Waals surface area (Å²) >= 11 is 0. The molecule has 0 bridgehead atoms. The Morgan fingerprint density at radius 3 is 1.97 bits per heavy atom. The Labute approximate surface area is 169 Å². The fraction of sp³-hybridized carbons (Fsp3) is 0.167. The maximum absolute atomic E-state index is 13.4. The van der Waals surface area contributed by atoms with Crippen molar-refractivity contribution in [1.29, 1.82) is 0 Å². The molecule has 0 unspecified atom stereocenters. The van der Waals surface area contributed by atoms with Crippen molar-refractivity contribution in [2.75, 3.05) is 5.06 Å². The van der Waals surface area contributed by atoms with Gasteiger partial charge in [0.05, 0.1) is 18.3 Å². The first-order chi connectivity index (χ1) is 14.2. The van der Waals surface area contributed by atoms with Gasteiger partial charge in [0.25, 0.3) is 5.91 Å². The van der Waals surface area contributed by atoms with Gasteiger partial charge in [-0.25, -0.2) is 5.06 Å². The first-order valence-electron chi connectivity index (χ1n) is 9.69. The summed E-state index contributed by atoms with van der Waals surface area (Å²) < 4.78 is 0. The molecule has 0 saturated carbocycles. The Morgan fingerprint density at radius 1 is 0.724 bits per heavy atom. The molecule has 2 amide bonds. The minimum Gasteiger partial charge on any atom is -0.275 e. The highest BCUT2D eigenvalue weighted by Gasteiger charge is 2.59. The van der Waals surface area contributed by atoms with Crippen LogP contribution in [0, 0.1) is 5.92 Å². The Hall–Kier alpha value is -3.44. The number of benzene rings is 3. The number of hydrogen-bond donors (Lipinski definition) is 0. The number of fused-ring (bicyclic) bond motifs is 1. The van der Waals surface area contributed by atoms with E-state index in [0.29, 0.717) is 0 Å². The molecular formula is C24H20N2O3.